The average molecular weight is 314 g/mol. The minimum atomic E-state index is -0.120. The summed E-state index contributed by atoms with van der Waals surface area (Å²) in [5, 5.41) is 8.58. The van der Waals surface area contributed by atoms with Gasteiger partial charge in [-0.05, 0) is 25.5 Å². The van der Waals surface area contributed by atoms with Crippen LogP contribution in [0.4, 0.5) is 5.69 Å². The molecule has 1 aromatic rings. The molecule has 0 aliphatic rings. The van der Waals surface area contributed by atoms with Crippen molar-refractivity contribution < 1.29 is 9.59 Å². The molecule has 0 saturated carbocycles. The van der Waals surface area contributed by atoms with Gasteiger partial charge in [0, 0.05) is 24.7 Å². The maximum atomic E-state index is 11.6. The molecule has 0 aliphatic carbocycles. The van der Waals surface area contributed by atoms with Gasteiger partial charge in [0.25, 0.3) is 0 Å². The fraction of sp³-hybridized carbons (Fsp3) is 0.467. The fourth-order valence-electron chi connectivity index (χ4n) is 1.57. The van der Waals surface area contributed by atoms with Crippen LogP contribution in [0.5, 0.6) is 0 Å². The molecule has 118 valence electrons. The third kappa shape index (κ3) is 8.92. The first kappa shape index (κ1) is 19.2. The van der Waals surface area contributed by atoms with E-state index in [1.54, 1.807) is 0 Å². The average Bonchev–Trinajstić information content (AvgIpc) is 2.46. The summed E-state index contributed by atoms with van der Waals surface area (Å²) in [4.78, 5) is 23.1. The zero-order valence-electron chi connectivity index (χ0n) is 12.5. The van der Waals surface area contributed by atoms with Crippen molar-refractivity contribution >= 4 is 29.9 Å². The molecule has 0 radical (unpaired) electrons. The van der Waals surface area contributed by atoms with Gasteiger partial charge in [-0.25, -0.2) is 0 Å². The first-order chi connectivity index (χ1) is 9.61. The van der Waals surface area contributed by atoms with E-state index in [9.17, 15) is 9.59 Å². The molecule has 1 atom stereocenters. The summed E-state index contributed by atoms with van der Waals surface area (Å²) in [7, 11) is 0. The molecule has 2 amide bonds. The van der Waals surface area contributed by atoms with Crippen molar-refractivity contribution in [2.45, 2.75) is 32.7 Å². The summed E-state index contributed by atoms with van der Waals surface area (Å²) >= 11 is 0. The maximum Gasteiger partial charge on any atom is 0.239 e. The topological polar surface area (TPSA) is 70.2 Å². The SMILES string of the molecule is CCC(C)NC(=O)CCNC(=O)CNc1ccccc1.Cl. The van der Waals surface area contributed by atoms with Crippen LogP contribution < -0.4 is 16.0 Å². The van der Waals surface area contributed by atoms with Crippen molar-refractivity contribution in [3.8, 4) is 0 Å². The summed E-state index contributed by atoms with van der Waals surface area (Å²) in [5.41, 5.74) is 0.900. The van der Waals surface area contributed by atoms with Gasteiger partial charge in [-0.1, -0.05) is 25.1 Å². The van der Waals surface area contributed by atoms with Crippen molar-refractivity contribution in [3.05, 3.63) is 30.3 Å². The fourth-order valence-corrected chi connectivity index (χ4v) is 1.57. The van der Waals surface area contributed by atoms with E-state index in [2.05, 4.69) is 16.0 Å². The zero-order chi connectivity index (χ0) is 14.8. The molecule has 3 N–H and O–H groups in total. The van der Waals surface area contributed by atoms with Gasteiger partial charge in [0.15, 0.2) is 0 Å². The Bertz CT molecular complexity index is 426. The standard InChI is InChI=1S/C15H23N3O2.ClH/c1-3-12(2)18-14(19)9-10-16-15(20)11-17-13-7-5-4-6-8-13;/h4-8,12,17H,3,9-11H2,1-2H3,(H,16,20)(H,18,19);1H. The van der Waals surface area contributed by atoms with Crippen LogP contribution in [0.1, 0.15) is 26.7 Å². The lowest BCUT2D eigenvalue weighted by Crippen LogP contribution is -2.36. The number of rotatable bonds is 8. The van der Waals surface area contributed by atoms with E-state index in [4.69, 9.17) is 0 Å². The monoisotopic (exact) mass is 313 g/mol. The van der Waals surface area contributed by atoms with Gasteiger partial charge in [0.05, 0.1) is 6.54 Å². The Labute approximate surface area is 132 Å². The second-order valence-corrected chi connectivity index (χ2v) is 4.70. The Balaban J connectivity index is 0.00000400. The molecule has 0 aliphatic heterocycles. The van der Waals surface area contributed by atoms with E-state index in [0.717, 1.165) is 12.1 Å². The van der Waals surface area contributed by atoms with Crippen molar-refractivity contribution in [1.29, 1.82) is 0 Å². The predicted molar refractivity (Wildman–Crippen MR) is 87.7 cm³/mol. The first-order valence-corrected chi connectivity index (χ1v) is 6.96. The lowest BCUT2D eigenvalue weighted by Gasteiger charge is -2.11. The third-order valence-corrected chi connectivity index (χ3v) is 2.92. The Morgan fingerprint density at radius 1 is 1.14 bits per heavy atom. The largest absolute Gasteiger partial charge is 0.376 e. The van der Waals surface area contributed by atoms with Gasteiger partial charge in [-0.2, -0.15) is 0 Å². The highest BCUT2D eigenvalue weighted by atomic mass is 35.5. The van der Waals surface area contributed by atoms with Gasteiger partial charge >= 0.3 is 0 Å². The van der Waals surface area contributed by atoms with Crippen molar-refractivity contribution in [2.75, 3.05) is 18.4 Å². The molecular weight excluding hydrogens is 290 g/mol. The lowest BCUT2D eigenvalue weighted by atomic mass is 10.2. The smallest absolute Gasteiger partial charge is 0.239 e. The number of hydrogen-bond acceptors (Lipinski definition) is 3. The molecular formula is C15H24ClN3O2. The second kappa shape index (κ2) is 11.0. The molecule has 6 heteroatoms. The van der Waals surface area contributed by atoms with Crippen LogP contribution >= 0.6 is 12.4 Å². The highest BCUT2D eigenvalue weighted by Gasteiger charge is 2.06. The van der Waals surface area contributed by atoms with Gasteiger partial charge in [-0.15, -0.1) is 12.4 Å². The molecule has 0 spiro atoms. The molecule has 1 aromatic carbocycles. The van der Waals surface area contributed by atoms with Crippen molar-refractivity contribution in [1.82, 2.24) is 10.6 Å². The van der Waals surface area contributed by atoms with E-state index in [-0.39, 0.29) is 36.8 Å². The number of hydrogen-bond donors (Lipinski definition) is 3. The summed E-state index contributed by atoms with van der Waals surface area (Å²) in [6, 6.07) is 9.69. The summed E-state index contributed by atoms with van der Waals surface area (Å²) in [6.07, 6.45) is 1.21. The van der Waals surface area contributed by atoms with Crippen LogP contribution in [0.2, 0.25) is 0 Å². The van der Waals surface area contributed by atoms with Crippen LogP contribution in [0.25, 0.3) is 0 Å². The number of para-hydroxylation sites is 1. The molecule has 5 nitrogen and oxygen atoms in total. The van der Waals surface area contributed by atoms with Crippen LogP contribution in [0.15, 0.2) is 30.3 Å². The van der Waals surface area contributed by atoms with E-state index in [0.29, 0.717) is 13.0 Å². The predicted octanol–water partition coefficient (Wildman–Crippen LogP) is 1.94. The van der Waals surface area contributed by atoms with E-state index in [1.807, 2.05) is 44.2 Å². The van der Waals surface area contributed by atoms with Crippen LogP contribution in [-0.4, -0.2) is 30.9 Å². The zero-order valence-corrected chi connectivity index (χ0v) is 13.3. The highest BCUT2D eigenvalue weighted by Crippen LogP contribution is 2.03. The Hall–Kier alpha value is -1.75. The Morgan fingerprint density at radius 3 is 2.43 bits per heavy atom. The summed E-state index contributed by atoms with van der Waals surface area (Å²) in [6.45, 7) is 4.54. The number of halogens is 1. The van der Waals surface area contributed by atoms with Gasteiger partial charge in [0.2, 0.25) is 11.8 Å². The molecule has 0 saturated heterocycles. The van der Waals surface area contributed by atoms with Crippen LogP contribution in [0, 0.1) is 0 Å². The molecule has 1 unspecified atom stereocenters. The van der Waals surface area contributed by atoms with Crippen molar-refractivity contribution in [2.24, 2.45) is 0 Å². The van der Waals surface area contributed by atoms with Gasteiger partial charge < -0.3 is 16.0 Å². The number of amides is 2. The molecule has 0 bridgehead atoms. The second-order valence-electron chi connectivity index (χ2n) is 4.70. The van der Waals surface area contributed by atoms with Crippen LogP contribution in [0.3, 0.4) is 0 Å². The van der Waals surface area contributed by atoms with E-state index < -0.39 is 0 Å². The minimum Gasteiger partial charge on any atom is -0.376 e. The Kier molecular flexibility index (Phi) is 10.1. The maximum absolute atomic E-state index is 11.6. The highest BCUT2D eigenvalue weighted by molar-refractivity contribution is 5.85. The summed E-state index contributed by atoms with van der Waals surface area (Å²) in [5.74, 6) is -0.152. The summed E-state index contributed by atoms with van der Waals surface area (Å²) < 4.78 is 0. The number of nitrogens with one attached hydrogen (secondary N) is 3. The molecule has 0 fully saturated rings. The lowest BCUT2D eigenvalue weighted by molar-refractivity contribution is -0.122. The van der Waals surface area contributed by atoms with Crippen LogP contribution in [-0.2, 0) is 9.59 Å². The van der Waals surface area contributed by atoms with Gasteiger partial charge in [-0.3, -0.25) is 9.59 Å². The number of carbonyl (C=O) groups is 2. The van der Waals surface area contributed by atoms with Gasteiger partial charge in [0.1, 0.15) is 0 Å². The van der Waals surface area contributed by atoms with Crippen molar-refractivity contribution in [3.63, 3.8) is 0 Å². The first-order valence-electron chi connectivity index (χ1n) is 6.96. The molecule has 1 rings (SSSR count). The number of benzene rings is 1. The normalized spacial score (nSPS) is 11.0. The van der Waals surface area contributed by atoms with E-state index in [1.165, 1.54) is 0 Å². The quantitative estimate of drug-likeness (QED) is 0.687. The molecule has 0 aromatic heterocycles. The molecule has 0 heterocycles. The molecule has 21 heavy (non-hydrogen) atoms. The number of carbonyl (C=O) groups excluding carboxylic acids is 2. The minimum absolute atomic E-state index is 0. The number of anilines is 1. The van der Waals surface area contributed by atoms with E-state index >= 15 is 0 Å². The Morgan fingerprint density at radius 2 is 1.81 bits per heavy atom. The third-order valence-electron chi connectivity index (χ3n) is 2.92.